The van der Waals surface area contributed by atoms with Crippen molar-refractivity contribution in [1.29, 1.82) is 0 Å². The lowest BCUT2D eigenvalue weighted by molar-refractivity contribution is -0.145. The van der Waals surface area contributed by atoms with E-state index in [9.17, 15) is 4.79 Å². The Labute approximate surface area is 150 Å². The SMILES string of the molecule is O=C(Cn1nnc(-c2cccs2)n1)OCCOc1ccc(Br)cc1. The average Bonchev–Trinajstić information content (AvgIpc) is 3.24. The first-order valence-electron chi connectivity index (χ1n) is 7.06. The maximum absolute atomic E-state index is 11.8. The highest BCUT2D eigenvalue weighted by molar-refractivity contribution is 9.10. The molecule has 124 valence electrons. The predicted molar refractivity (Wildman–Crippen MR) is 91.7 cm³/mol. The number of ether oxygens (including phenoxy) is 2. The van der Waals surface area contributed by atoms with Crippen LogP contribution < -0.4 is 4.74 Å². The summed E-state index contributed by atoms with van der Waals surface area (Å²) in [5, 5.41) is 13.8. The summed E-state index contributed by atoms with van der Waals surface area (Å²) < 4.78 is 11.5. The van der Waals surface area contributed by atoms with Crippen molar-refractivity contribution >= 4 is 33.2 Å². The Morgan fingerprint density at radius 1 is 1.21 bits per heavy atom. The van der Waals surface area contributed by atoms with Gasteiger partial charge in [-0.15, -0.1) is 21.5 Å². The van der Waals surface area contributed by atoms with Crippen LogP contribution in [0.25, 0.3) is 10.7 Å². The fourth-order valence-electron chi connectivity index (χ4n) is 1.82. The van der Waals surface area contributed by atoms with Crippen molar-refractivity contribution in [2.24, 2.45) is 0 Å². The fourth-order valence-corrected chi connectivity index (χ4v) is 2.73. The summed E-state index contributed by atoms with van der Waals surface area (Å²) in [4.78, 5) is 13.9. The summed E-state index contributed by atoms with van der Waals surface area (Å²) in [7, 11) is 0. The van der Waals surface area contributed by atoms with Crippen LogP contribution in [-0.2, 0) is 16.1 Å². The molecular weight excluding hydrogens is 396 g/mol. The molecule has 0 spiro atoms. The van der Waals surface area contributed by atoms with Crippen molar-refractivity contribution in [1.82, 2.24) is 20.2 Å². The number of thiophene rings is 1. The van der Waals surface area contributed by atoms with Gasteiger partial charge >= 0.3 is 5.97 Å². The van der Waals surface area contributed by atoms with Gasteiger partial charge in [-0.3, -0.25) is 0 Å². The van der Waals surface area contributed by atoms with Crippen molar-refractivity contribution < 1.29 is 14.3 Å². The number of carbonyl (C=O) groups excluding carboxylic acids is 1. The Morgan fingerprint density at radius 3 is 2.79 bits per heavy atom. The van der Waals surface area contributed by atoms with Gasteiger partial charge in [-0.1, -0.05) is 22.0 Å². The molecule has 0 fully saturated rings. The average molecular weight is 409 g/mol. The van der Waals surface area contributed by atoms with Crippen LogP contribution in [0.15, 0.2) is 46.3 Å². The van der Waals surface area contributed by atoms with Gasteiger partial charge in [0.05, 0.1) is 4.88 Å². The summed E-state index contributed by atoms with van der Waals surface area (Å²) in [5.74, 6) is 0.772. The first-order chi connectivity index (χ1) is 11.7. The lowest BCUT2D eigenvalue weighted by atomic mass is 10.3. The minimum absolute atomic E-state index is 0.0866. The number of rotatable bonds is 7. The molecule has 7 nitrogen and oxygen atoms in total. The molecule has 0 bridgehead atoms. The predicted octanol–water partition coefficient (Wildman–Crippen LogP) is 2.79. The monoisotopic (exact) mass is 408 g/mol. The summed E-state index contributed by atoms with van der Waals surface area (Å²) in [5.41, 5.74) is 0. The molecule has 0 amide bonds. The summed E-state index contributed by atoms with van der Waals surface area (Å²) >= 11 is 4.86. The first-order valence-corrected chi connectivity index (χ1v) is 8.73. The van der Waals surface area contributed by atoms with E-state index in [-0.39, 0.29) is 19.8 Å². The highest BCUT2D eigenvalue weighted by Crippen LogP contribution is 2.19. The second-order valence-electron chi connectivity index (χ2n) is 4.64. The van der Waals surface area contributed by atoms with E-state index in [0.717, 1.165) is 9.35 Å². The maximum Gasteiger partial charge on any atom is 0.329 e. The largest absolute Gasteiger partial charge is 0.490 e. The van der Waals surface area contributed by atoms with Crippen LogP contribution in [-0.4, -0.2) is 39.4 Å². The third-order valence-electron chi connectivity index (χ3n) is 2.89. The fraction of sp³-hybridized carbons (Fsp3) is 0.200. The molecule has 0 aliphatic carbocycles. The van der Waals surface area contributed by atoms with Gasteiger partial charge in [0.25, 0.3) is 0 Å². The smallest absolute Gasteiger partial charge is 0.329 e. The van der Waals surface area contributed by atoms with E-state index in [1.807, 2.05) is 41.8 Å². The summed E-state index contributed by atoms with van der Waals surface area (Å²) in [6.07, 6.45) is 0. The van der Waals surface area contributed by atoms with E-state index in [4.69, 9.17) is 9.47 Å². The van der Waals surface area contributed by atoms with Crippen molar-refractivity contribution in [2.75, 3.05) is 13.2 Å². The lowest BCUT2D eigenvalue weighted by Gasteiger charge is -2.07. The van der Waals surface area contributed by atoms with E-state index < -0.39 is 5.97 Å². The van der Waals surface area contributed by atoms with Gasteiger partial charge in [0.2, 0.25) is 5.82 Å². The number of hydrogen-bond acceptors (Lipinski definition) is 7. The Morgan fingerprint density at radius 2 is 2.04 bits per heavy atom. The molecular formula is C15H13BrN4O3S. The molecule has 9 heteroatoms. The third-order valence-corrected chi connectivity index (χ3v) is 4.29. The molecule has 0 N–H and O–H groups in total. The second kappa shape index (κ2) is 8.02. The maximum atomic E-state index is 11.8. The zero-order valence-corrected chi connectivity index (χ0v) is 14.9. The minimum atomic E-state index is -0.440. The minimum Gasteiger partial charge on any atom is -0.490 e. The van der Waals surface area contributed by atoms with Gasteiger partial charge in [-0.25, -0.2) is 4.79 Å². The van der Waals surface area contributed by atoms with E-state index >= 15 is 0 Å². The lowest BCUT2D eigenvalue weighted by Crippen LogP contribution is -2.18. The quantitative estimate of drug-likeness (QED) is 0.441. The molecule has 0 aliphatic rings. The Balaban J connectivity index is 1.40. The molecule has 24 heavy (non-hydrogen) atoms. The molecule has 2 heterocycles. The highest BCUT2D eigenvalue weighted by Gasteiger charge is 2.10. The number of aromatic nitrogens is 4. The molecule has 3 aromatic rings. The first kappa shape index (κ1) is 16.6. The zero-order chi connectivity index (χ0) is 16.8. The van der Waals surface area contributed by atoms with Crippen molar-refractivity contribution in [3.8, 4) is 16.5 Å². The number of hydrogen-bond donors (Lipinski definition) is 0. The number of carbonyl (C=O) groups is 1. The molecule has 0 radical (unpaired) electrons. The van der Waals surface area contributed by atoms with Crippen molar-refractivity contribution in [3.63, 3.8) is 0 Å². The number of esters is 1. The Kier molecular flexibility index (Phi) is 5.55. The van der Waals surface area contributed by atoms with Crippen LogP contribution in [0.5, 0.6) is 5.75 Å². The molecule has 0 saturated carbocycles. The topological polar surface area (TPSA) is 79.1 Å². The number of tetrazole rings is 1. The van der Waals surface area contributed by atoms with Gasteiger partial charge in [0.1, 0.15) is 19.0 Å². The summed E-state index contributed by atoms with van der Waals surface area (Å²) in [6, 6.07) is 11.2. The summed E-state index contributed by atoms with van der Waals surface area (Å²) in [6.45, 7) is 0.344. The van der Waals surface area contributed by atoms with Crippen LogP contribution in [0, 0.1) is 0 Å². The van der Waals surface area contributed by atoms with Gasteiger partial charge in [0, 0.05) is 4.47 Å². The van der Waals surface area contributed by atoms with Gasteiger partial charge in [0.15, 0.2) is 6.54 Å². The Bertz CT molecular complexity index is 789. The highest BCUT2D eigenvalue weighted by atomic mass is 79.9. The van der Waals surface area contributed by atoms with Crippen LogP contribution >= 0.6 is 27.3 Å². The van der Waals surface area contributed by atoms with Gasteiger partial charge in [-0.2, -0.15) is 4.80 Å². The van der Waals surface area contributed by atoms with Gasteiger partial charge < -0.3 is 9.47 Å². The molecule has 0 saturated heterocycles. The number of nitrogens with zero attached hydrogens (tertiary/aromatic N) is 4. The second-order valence-corrected chi connectivity index (χ2v) is 6.51. The van der Waals surface area contributed by atoms with E-state index in [1.165, 1.54) is 16.1 Å². The van der Waals surface area contributed by atoms with Gasteiger partial charge in [-0.05, 0) is 40.9 Å². The van der Waals surface area contributed by atoms with E-state index in [1.54, 1.807) is 0 Å². The molecule has 0 atom stereocenters. The van der Waals surface area contributed by atoms with Crippen LogP contribution in [0.4, 0.5) is 0 Å². The molecule has 0 aliphatic heterocycles. The van der Waals surface area contributed by atoms with Crippen LogP contribution in [0.1, 0.15) is 0 Å². The molecule has 2 aromatic heterocycles. The normalized spacial score (nSPS) is 10.5. The zero-order valence-electron chi connectivity index (χ0n) is 12.5. The van der Waals surface area contributed by atoms with Crippen molar-refractivity contribution in [2.45, 2.75) is 6.54 Å². The molecule has 3 rings (SSSR count). The van der Waals surface area contributed by atoms with Crippen molar-refractivity contribution in [3.05, 3.63) is 46.3 Å². The standard InChI is InChI=1S/C15H13BrN4O3S/c16-11-3-5-12(6-4-11)22-7-8-23-14(21)10-20-18-15(17-19-20)13-2-1-9-24-13/h1-6,9H,7-8,10H2. The van der Waals surface area contributed by atoms with E-state index in [0.29, 0.717) is 11.6 Å². The number of halogens is 1. The third kappa shape index (κ3) is 4.62. The molecule has 1 aromatic carbocycles. The number of benzene rings is 1. The van der Waals surface area contributed by atoms with Crippen LogP contribution in [0.2, 0.25) is 0 Å². The molecule has 0 unspecified atom stereocenters. The van der Waals surface area contributed by atoms with E-state index in [2.05, 4.69) is 31.3 Å². The van der Waals surface area contributed by atoms with Crippen LogP contribution in [0.3, 0.4) is 0 Å². The Hall–Kier alpha value is -2.26.